The van der Waals surface area contributed by atoms with Crippen molar-refractivity contribution in [2.45, 2.75) is 51.0 Å². The summed E-state index contributed by atoms with van der Waals surface area (Å²) in [7, 11) is 0. The molecule has 3 heteroatoms. The first-order chi connectivity index (χ1) is 8.45. The van der Waals surface area contributed by atoms with E-state index in [4.69, 9.17) is 4.74 Å². The molecule has 100 valence electrons. The third kappa shape index (κ3) is 5.36. The average Bonchev–Trinajstić information content (AvgIpc) is 2.73. The fraction of sp³-hybridized carbons (Fsp3) is 1.00. The molecule has 1 heterocycles. The van der Waals surface area contributed by atoms with E-state index in [1.54, 1.807) is 0 Å². The SMILES string of the molecule is C1CCCC(NCCN2CCCOCC2)CC1. The lowest BCUT2D eigenvalue weighted by Crippen LogP contribution is -2.38. The lowest BCUT2D eigenvalue weighted by molar-refractivity contribution is 0.141. The van der Waals surface area contributed by atoms with Crippen LogP contribution in [0.2, 0.25) is 0 Å². The third-order valence-electron chi connectivity index (χ3n) is 4.03. The summed E-state index contributed by atoms with van der Waals surface area (Å²) in [5.41, 5.74) is 0. The molecule has 0 aromatic rings. The van der Waals surface area contributed by atoms with Gasteiger partial charge in [0.1, 0.15) is 0 Å². The van der Waals surface area contributed by atoms with E-state index in [2.05, 4.69) is 10.2 Å². The molecule has 0 spiro atoms. The van der Waals surface area contributed by atoms with Crippen molar-refractivity contribution in [2.24, 2.45) is 0 Å². The van der Waals surface area contributed by atoms with Crippen LogP contribution in [0.3, 0.4) is 0 Å². The Morgan fingerprint density at radius 1 is 0.941 bits per heavy atom. The van der Waals surface area contributed by atoms with Crippen LogP contribution in [-0.4, -0.2) is 50.3 Å². The van der Waals surface area contributed by atoms with E-state index in [1.807, 2.05) is 0 Å². The number of nitrogens with one attached hydrogen (secondary N) is 1. The van der Waals surface area contributed by atoms with Gasteiger partial charge in [0.05, 0.1) is 6.61 Å². The second-order valence-corrected chi connectivity index (χ2v) is 5.45. The molecule has 17 heavy (non-hydrogen) atoms. The van der Waals surface area contributed by atoms with Crippen LogP contribution < -0.4 is 5.32 Å². The Balaban J connectivity index is 1.57. The molecule has 0 aromatic heterocycles. The molecule has 2 rings (SSSR count). The second kappa shape index (κ2) is 8.06. The molecule has 1 N–H and O–H groups in total. The fourth-order valence-electron chi connectivity index (χ4n) is 2.93. The second-order valence-electron chi connectivity index (χ2n) is 5.45. The molecule has 3 nitrogen and oxygen atoms in total. The van der Waals surface area contributed by atoms with Gasteiger partial charge < -0.3 is 10.1 Å². The maximum atomic E-state index is 5.48. The normalized spacial score (nSPS) is 25.4. The third-order valence-corrected chi connectivity index (χ3v) is 4.03. The standard InChI is InChI=1S/C14H28N2O/c1-2-4-7-14(6-3-1)15-8-10-16-9-5-12-17-13-11-16/h14-15H,1-13H2. The Hall–Kier alpha value is -0.120. The van der Waals surface area contributed by atoms with Crippen molar-refractivity contribution in [3.63, 3.8) is 0 Å². The van der Waals surface area contributed by atoms with Gasteiger partial charge in [0.25, 0.3) is 0 Å². The molecular formula is C14H28N2O. The molecule has 0 aromatic carbocycles. The van der Waals surface area contributed by atoms with Gasteiger partial charge in [-0.15, -0.1) is 0 Å². The van der Waals surface area contributed by atoms with Crippen LogP contribution in [0.4, 0.5) is 0 Å². The summed E-state index contributed by atoms with van der Waals surface area (Å²) >= 11 is 0. The van der Waals surface area contributed by atoms with E-state index < -0.39 is 0 Å². The van der Waals surface area contributed by atoms with Crippen LogP contribution in [0.5, 0.6) is 0 Å². The summed E-state index contributed by atoms with van der Waals surface area (Å²) in [5, 5.41) is 3.75. The van der Waals surface area contributed by atoms with Gasteiger partial charge >= 0.3 is 0 Å². The Bertz CT molecular complexity index is 163. The van der Waals surface area contributed by atoms with Crippen molar-refractivity contribution in [1.29, 1.82) is 0 Å². The van der Waals surface area contributed by atoms with Crippen molar-refractivity contribution in [3.8, 4) is 0 Å². The van der Waals surface area contributed by atoms with Gasteiger partial charge in [-0.3, -0.25) is 4.90 Å². The van der Waals surface area contributed by atoms with Crippen LogP contribution in [0, 0.1) is 0 Å². The van der Waals surface area contributed by atoms with Crippen molar-refractivity contribution < 1.29 is 4.74 Å². The van der Waals surface area contributed by atoms with Gasteiger partial charge in [-0.05, 0) is 19.3 Å². The Labute approximate surface area is 106 Å². The first-order valence-corrected chi connectivity index (χ1v) is 7.48. The van der Waals surface area contributed by atoms with Crippen LogP contribution in [0.1, 0.15) is 44.9 Å². The van der Waals surface area contributed by atoms with Gasteiger partial charge in [0, 0.05) is 38.8 Å². The number of hydrogen-bond acceptors (Lipinski definition) is 3. The topological polar surface area (TPSA) is 24.5 Å². The molecule has 1 aliphatic carbocycles. The predicted molar refractivity (Wildman–Crippen MR) is 71.4 cm³/mol. The van der Waals surface area contributed by atoms with Gasteiger partial charge in [0.15, 0.2) is 0 Å². The van der Waals surface area contributed by atoms with Crippen molar-refractivity contribution in [1.82, 2.24) is 10.2 Å². The lowest BCUT2D eigenvalue weighted by Gasteiger charge is -2.22. The largest absolute Gasteiger partial charge is 0.380 e. The quantitative estimate of drug-likeness (QED) is 0.761. The lowest BCUT2D eigenvalue weighted by atomic mass is 10.1. The zero-order chi connectivity index (χ0) is 11.8. The number of rotatable bonds is 4. The molecule has 0 amide bonds. The summed E-state index contributed by atoms with van der Waals surface area (Å²) in [5.74, 6) is 0. The molecule has 1 saturated heterocycles. The Morgan fingerprint density at radius 2 is 1.76 bits per heavy atom. The van der Waals surface area contributed by atoms with Crippen LogP contribution >= 0.6 is 0 Å². The number of nitrogens with zero attached hydrogens (tertiary/aromatic N) is 1. The van der Waals surface area contributed by atoms with E-state index in [1.165, 1.54) is 58.0 Å². The highest BCUT2D eigenvalue weighted by atomic mass is 16.5. The van der Waals surface area contributed by atoms with Crippen LogP contribution in [0.15, 0.2) is 0 Å². The highest BCUT2D eigenvalue weighted by Crippen LogP contribution is 2.16. The molecule has 2 fully saturated rings. The maximum Gasteiger partial charge on any atom is 0.0593 e. The van der Waals surface area contributed by atoms with E-state index in [0.29, 0.717) is 0 Å². The molecule has 1 saturated carbocycles. The smallest absolute Gasteiger partial charge is 0.0593 e. The molecule has 0 unspecified atom stereocenters. The first-order valence-electron chi connectivity index (χ1n) is 7.48. The molecule has 2 aliphatic rings. The zero-order valence-corrected chi connectivity index (χ0v) is 11.1. The van der Waals surface area contributed by atoms with Gasteiger partial charge in [-0.1, -0.05) is 25.7 Å². The summed E-state index contributed by atoms with van der Waals surface area (Å²) in [6, 6.07) is 0.792. The fourth-order valence-corrected chi connectivity index (χ4v) is 2.93. The van der Waals surface area contributed by atoms with E-state index >= 15 is 0 Å². The zero-order valence-electron chi connectivity index (χ0n) is 11.1. The number of ether oxygens (including phenoxy) is 1. The minimum absolute atomic E-state index is 0.792. The van der Waals surface area contributed by atoms with E-state index in [9.17, 15) is 0 Å². The summed E-state index contributed by atoms with van der Waals surface area (Å²) in [6.07, 6.45) is 9.73. The molecular weight excluding hydrogens is 212 g/mol. The van der Waals surface area contributed by atoms with Gasteiger partial charge in [-0.2, -0.15) is 0 Å². The summed E-state index contributed by atoms with van der Waals surface area (Å²) in [4.78, 5) is 2.54. The highest BCUT2D eigenvalue weighted by Gasteiger charge is 2.12. The minimum Gasteiger partial charge on any atom is -0.380 e. The molecule has 0 bridgehead atoms. The van der Waals surface area contributed by atoms with Crippen LogP contribution in [-0.2, 0) is 4.74 Å². The average molecular weight is 240 g/mol. The maximum absolute atomic E-state index is 5.48. The highest BCUT2D eigenvalue weighted by molar-refractivity contribution is 4.72. The minimum atomic E-state index is 0.792. The first kappa shape index (κ1) is 13.3. The Morgan fingerprint density at radius 3 is 2.59 bits per heavy atom. The summed E-state index contributed by atoms with van der Waals surface area (Å²) in [6.45, 7) is 6.55. The monoisotopic (exact) mass is 240 g/mol. The van der Waals surface area contributed by atoms with E-state index in [0.717, 1.165) is 32.3 Å². The van der Waals surface area contributed by atoms with E-state index in [-0.39, 0.29) is 0 Å². The summed E-state index contributed by atoms with van der Waals surface area (Å²) < 4.78 is 5.48. The molecule has 0 atom stereocenters. The van der Waals surface area contributed by atoms with Gasteiger partial charge in [-0.25, -0.2) is 0 Å². The van der Waals surface area contributed by atoms with Crippen molar-refractivity contribution >= 4 is 0 Å². The van der Waals surface area contributed by atoms with Crippen molar-refractivity contribution in [2.75, 3.05) is 39.4 Å². The Kier molecular flexibility index (Phi) is 6.32. The van der Waals surface area contributed by atoms with Crippen LogP contribution in [0.25, 0.3) is 0 Å². The molecule has 1 aliphatic heterocycles. The number of hydrogen-bond donors (Lipinski definition) is 1. The predicted octanol–water partition coefficient (Wildman–Crippen LogP) is 2.02. The van der Waals surface area contributed by atoms with Crippen molar-refractivity contribution in [3.05, 3.63) is 0 Å². The molecule has 0 radical (unpaired) electrons. The van der Waals surface area contributed by atoms with Gasteiger partial charge in [0.2, 0.25) is 0 Å².